The highest BCUT2D eigenvalue weighted by molar-refractivity contribution is 6.35. The highest BCUT2D eigenvalue weighted by Crippen LogP contribution is 2.49. The second-order valence-corrected chi connectivity index (χ2v) is 26.5. The summed E-state index contributed by atoms with van der Waals surface area (Å²) in [4.78, 5) is 151. The van der Waals surface area contributed by atoms with Crippen molar-refractivity contribution in [2.24, 2.45) is 29.4 Å². The standard InChI is InChI=1S/C68H97ClN10O17/c1-38(2)46-34-57(83)79(63(46)86)29-16-14-15-22-54(80)75-59(39(3)4)62(85)73-47(20-18-28-71-65(70)88)61(84)72-45-25-23-43(24-26-45)37-93-67(90)76(9)30-27-55(81)77(10)42(7)64(87)95-53-36-56(82)78(11)49-32-44(33-52(92-13)58(49)69)31-40(5)19-17-21-50(91-12)48-35-51(94-66(89)74-48)41(6)60-68(53,8)96-60/h17,19,21,23-26,32-33,38-39,41-42,46-48,50-51,53,59-60H,14-16,18,20,22,27-31,34-37H2,1-13H3,(H,72,84)(H,73,85)(H,74,89)(H,75,80)(H3,70,71,88)/b21-17+,40-19+/t41-,42+,46?,47+,48?,50-,51+,53+,59+,60+,68+/m1/s1. The highest BCUT2D eigenvalue weighted by atomic mass is 35.5. The van der Waals surface area contributed by atoms with Gasteiger partial charge in [-0.3, -0.25) is 38.5 Å². The number of likely N-dealkylation sites (N-methyl/N-ethyl adjacent to an activating group) is 1. The Kier molecular flexibility index (Phi) is 28.0. The van der Waals surface area contributed by atoms with Crippen molar-refractivity contribution < 1.29 is 81.2 Å². The first-order chi connectivity index (χ1) is 45.4. The predicted octanol–water partition coefficient (Wildman–Crippen LogP) is 6.46. The number of urea groups is 1. The summed E-state index contributed by atoms with van der Waals surface area (Å²) in [5.41, 5.74) is 6.97. The summed E-state index contributed by atoms with van der Waals surface area (Å²) >= 11 is 6.85. The number of nitrogens with zero attached hydrogens (tertiary/aromatic N) is 4. The number of unbranched alkanes of at least 4 members (excludes halogenated alkanes) is 2. The molecule has 96 heavy (non-hydrogen) atoms. The maximum Gasteiger partial charge on any atom is 0.409 e. The van der Waals surface area contributed by atoms with E-state index >= 15 is 0 Å². The average molecular weight is 1360 g/mol. The van der Waals surface area contributed by atoms with Crippen molar-refractivity contribution in [2.75, 3.05) is 65.2 Å². The Morgan fingerprint density at radius 1 is 0.906 bits per heavy atom. The molecule has 28 heteroatoms. The van der Waals surface area contributed by atoms with Crippen LogP contribution in [0.3, 0.4) is 0 Å². The van der Waals surface area contributed by atoms with E-state index in [1.165, 1.54) is 47.7 Å². The van der Waals surface area contributed by atoms with Gasteiger partial charge in [0.1, 0.15) is 53.3 Å². The molecule has 6 rings (SSSR count). The number of carbonyl (C=O) groups is 11. The Hall–Kier alpha value is -8.30. The topological polar surface area (TPSA) is 346 Å². The van der Waals surface area contributed by atoms with E-state index in [1.807, 2.05) is 45.9 Å². The molecule has 3 fully saturated rings. The van der Waals surface area contributed by atoms with Crippen molar-refractivity contribution in [1.29, 1.82) is 0 Å². The highest BCUT2D eigenvalue weighted by Gasteiger charge is 2.64. The molecule has 0 aromatic heterocycles. The molecule has 4 aliphatic rings. The van der Waals surface area contributed by atoms with E-state index in [0.29, 0.717) is 54.8 Å². The number of likely N-dealkylation sites (tertiary alicyclic amines) is 1. The third-order valence-electron chi connectivity index (χ3n) is 18.2. The number of primary amides is 1. The zero-order valence-corrected chi connectivity index (χ0v) is 58.2. The van der Waals surface area contributed by atoms with E-state index in [9.17, 15) is 52.7 Å². The fraction of sp³-hybridized carbons (Fsp3) is 0.603. The molecule has 4 heterocycles. The lowest BCUT2D eigenvalue weighted by molar-refractivity contribution is -0.162. The Morgan fingerprint density at radius 3 is 2.26 bits per heavy atom. The van der Waals surface area contributed by atoms with Gasteiger partial charge in [0.05, 0.1) is 37.5 Å². The number of esters is 1. The Bertz CT molecular complexity index is 3220. The lowest BCUT2D eigenvalue weighted by atomic mass is 9.84. The number of epoxide rings is 1. The molecular weight excluding hydrogens is 1260 g/mol. The second kappa shape index (κ2) is 35.1. The van der Waals surface area contributed by atoms with Crippen molar-refractivity contribution >= 4 is 88.5 Å². The van der Waals surface area contributed by atoms with E-state index < -0.39 is 108 Å². The number of rotatable bonds is 27. The molecule has 11 amide bonds. The maximum absolute atomic E-state index is 14.5. The van der Waals surface area contributed by atoms with Crippen LogP contribution in [0.5, 0.6) is 5.75 Å². The summed E-state index contributed by atoms with van der Waals surface area (Å²) in [5.74, 6) is -4.48. The zero-order chi connectivity index (χ0) is 70.9. The molecule has 3 saturated heterocycles. The summed E-state index contributed by atoms with van der Waals surface area (Å²) in [6, 6.07) is 5.43. The smallest absolute Gasteiger partial charge is 0.409 e. The van der Waals surface area contributed by atoms with Crippen LogP contribution in [0.1, 0.15) is 131 Å². The first-order valence-corrected chi connectivity index (χ1v) is 33.1. The van der Waals surface area contributed by atoms with Crippen LogP contribution in [0.4, 0.5) is 25.8 Å². The number of hydrogen-bond acceptors (Lipinski definition) is 17. The SMILES string of the molecule is COc1cc2cc(c1Cl)N(C)C(=O)C[C@H](OC(=O)[C@H](C)N(C)C(=O)CCN(C)C(=O)OCc1ccc(NC(=O)[C@H](CCCNC(N)=O)NC(=O)[C@@H](NC(=O)CCCCCN3C(=O)CC(C(C)C)C3=O)C(C)C)cc1)[C@]1(C)O[C@H]1[C@H](C)[C@@H]1CC(NC(=O)O1)[C@H](OC)/C=C/C=C(\C)C2. The quantitative estimate of drug-likeness (QED) is 0.0184. The molecular formula is C68H97ClN10O17. The number of ether oxygens (including phenoxy) is 6. The van der Waals surface area contributed by atoms with Crippen LogP contribution >= 0.6 is 11.6 Å². The molecule has 0 aliphatic carbocycles. The van der Waals surface area contributed by atoms with Gasteiger partial charge < -0.3 is 75.4 Å². The summed E-state index contributed by atoms with van der Waals surface area (Å²) in [6.45, 7) is 14.4. The third-order valence-corrected chi connectivity index (χ3v) is 18.6. The molecule has 27 nitrogen and oxygen atoms in total. The van der Waals surface area contributed by atoms with Crippen LogP contribution < -0.4 is 42.0 Å². The number of allylic oxidation sites excluding steroid dienone is 3. The summed E-state index contributed by atoms with van der Waals surface area (Å²) in [5, 5.41) is 13.8. The van der Waals surface area contributed by atoms with Crippen molar-refractivity contribution in [3.8, 4) is 5.75 Å². The summed E-state index contributed by atoms with van der Waals surface area (Å²) < 4.78 is 35.4. The molecule has 2 aromatic carbocycles. The average Bonchev–Trinajstić information content (AvgIpc) is 1.57. The molecule has 4 bridgehead atoms. The number of halogens is 1. The number of anilines is 2. The minimum Gasteiger partial charge on any atom is -0.495 e. The van der Waals surface area contributed by atoms with E-state index in [4.69, 9.17) is 45.8 Å². The van der Waals surface area contributed by atoms with Gasteiger partial charge in [0.2, 0.25) is 41.4 Å². The number of imide groups is 1. The predicted molar refractivity (Wildman–Crippen MR) is 356 cm³/mol. The molecule has 4 aliphatic heterocycles. The maximum atomic E-state index is 14.5. The van der Waals surface area contributed by atoms with Crippen molar-refractivity contribution in [2.45, 2.75) is 187 Å². The molecule has 0 radical (unpaired) electrons. The van der Waals surface area contributed by atoms with Gasteiger partial charge in [-0.15, -0.1) is 0 Å². The monoisotopic (exact) mass is 1360 g/mol. The minimum atomic E-state index is -1.26. The largest absolute Gasteiger partial charge is 0.495 e. The molecule has 11 atom stereocenters. The van der Waals surface area contributed by atoms with Gasteiger partial charge in [-0.1, -0.05) is 88.6 Å². The number of carbonyl (C=O) groups excluding carboxylic acids is 11. The molecule has 528 valence electrons. The Balaban J connectivity index is 1.02. The second-order valence-electron chi connectivity index (χ2n) is 26.1. The molecule has 2 unspecified atom stereocenters. The normalized spacial score (nSPS) is 23.8. The molecule has 2 aromatic rings. The lowest BCUT2D eigenvalue weighted by Crippen LogP contribution is -2.54. The molecule has 0 saturated carbocycles. The number of hydrogen-bond donors (Lipinski definition) is 6. The summed E-state index contributed by atoms with van der Waals surface area (Å²) in [6.07, 6.45) is 3.63. The number of methoxy groups -OCH3 is 2. The van der Waals surface area contributed by atoms with E-state index in [0.717, 1.165) is 11.1 Å². The number of amides is 11. The van der Waals surface area contributed by atoms with Gasteiger partial charge in [0.15, 0.2) is 0 Å². The molecule has 7 N–H and O–H groups in total. The van der Waals surface area contributed by atoms with Gasteiger partial charge in [0.25, 0.3) is 0 Å². The number of benzene rings is 2. The Labute approximate surface area is 566 Å². The minimum absolute atomic E-state index is 0.0624. The number of alkyl carbamates (subject to hydrolysis) is 1. The van der Waals surface area contributed by atoms with Gasteiger partial charge in [-0.25, -0.2) is 19.2 Å². The van der Waals surface area contributed by atoms with Gasteiger partial charge in [-0.05, 0) is 100 Å². The van der Waals surface area contributed by atoms with E-state index in [-0.39, 0.29) is 105 Å². The molecule has 0 spiro atoms. The number of nitrogens with two attached hydrogens (primary N) is 1. The van der Waals surface area contributed by atoms with Crippen LogP contribution in [-0.2, 0) is 75.1 Å². The van der Waals surface area contributed by atoms with Crippen LogP contribution in [0.25, 0.3) is 0 Å². The van der Waals surface area contributed by atoms with Crippen LogP contribution in [0.15, 0.2) is 60.2 Å². The Morgan fingerprint density at radius 2 is 1.61 bits per heavy atom. The first kappa shape index (κ1) is 76.7. The van der Waals surface area contributed by atoms with Crippen LogP contribution in [0.2, 0.25) is 5.02 Å². The van der Waals surface area contributed by atoms with E-state index in [1.54, 1.807) is 71.3 Å². The summed E-state index contributed by atoms with van der Waals surface area (Å²) in [7, 11) is 7.44. The van der Waals surface area contributed by atoms with Crippen molar-refractivity contribution in [3.63, 3.8) is 0 Å². The zero-order valence-electron chi connectivity index (χ0n) is 57.4. The van der Waals surface area contributed by atoms with Gasteiger partial charge in [0, 0.05) is 91.1 Å². The van der Waals surface area contributed by atoms with Crippen LogP contribution in [0, 0.1) is 23.7 Å². The van der Waals surface area contributed by atoms with Gasteiger partial charge in [-0.2, -0.15) is 0 Å². The fourth-order valence-corrected chi connectivity index (χ4v) is 12.2. The third kappa shape index (κ3) is 20.9. The number of fused-ring (bicyclic) bond motifs is 5. The van der Waals surface area contributed by atoms with Crippen molar-refractivity contribution in [1.82, 2.24) is 36.0 Å². The van der Waals surface area contributed by atoms with Crippen molar-refractivity contribution in [3.05, 3.63) is 76.3 Å². The van der Waals surface area contributed by atoms with Gasteiger partial charge >= 0.3 is 24.2 Å². The fourth-order valence-electron chi connectivity index (χ4n) is 11.9. The first-order valence-electron chi connectivity index (χ1n) is 32.7. The van der Waals surface area contributed by atoms with Crippen LogP contribution in [-0.4, -0.2) is 189 Å². The van der Waals surface area contributed by atoms with E-state index in [2.05, 4.69) is 26.6 Å². The number of nitrogens with one attached hydrogen (secondary N) is 5. The lowest BCUT2D eigenvalue weighted by Gasteiger charge is -2.36.